The molecule has 0 amide bonds. The number of hydrogen-bond acceptors (Lipinski definition) is 5. The number of nitrogens with zero attached hydrogens (tertiary/aromatic N) is 3. The molecule has 0 bridgehead atoms. The van der Waals surface area contributed by atoms with E-state index in [-0.39, 0.29) is 6.04 Å². The first-order chi connectivity index (χ1) is 9.79. The second kappa shape index (κ2) is 5.54. The number of benzene rings is 1. The van der Waals surface area contributed by atoms with Crippen molar-refractivity contribution in [3.63, 3.8) is 0 Å². The van der Waals surface area contributed by atoms with Crippen molar-refractivity contribution in [1.82, 2.24) is 20.2 Å². The molecule has 0 fully saturated rings. The number of para-hydroxylation sites is 1. The van der Waals surface area contributed by atoms with Gasteiger partial charge in [-0.25, -0.2) is 15.1 Å². The summed E-state index contributed by atoms with van der Waals surface area (Å²) in [6, 6.07) is 11.7. The topological polar surface area (TPSA) is 68.8 Å². The summed E-state index contributed by atoms with van der Waals surface area (Å²) >= 11 is 1.61. The Morgan fingerprint density at radius 1 is 1.25 bits per heavy atom. The lowest BCUT2D eigenvalue weighted by molar-refractivity contribution is 0.586. The molecule has 3 N–H and O–H groups in total. The van der Waals surface area contributed by atoms with Gasteiger partial charge in [-0.15, -0.1) is 11.3 Å². The molecule has 1 unspecified atom stereocenters. The van der Waals surface area contributed by atoms with Crippen LogP contribution in [0, 0.1) is 6.92 Å². The maximum Gasteiger partial charge on any atom is 0.106 e. The summed E-state index contributed by atoms with van der Waals surface area (Å²) in [6.45, 7) is 1.98. The number of aryl methyl sites for hydroxylation is 1. The second-order valence-electron chi connectivity index (χ2n) is 4.39. The summed E-state index contributed by atoms with van der Waals surface area (Å²) in [5.74, 6) is 5.73. The van der Waals surface area contributed by atoms with Crippen molar-refractivity contribution in [1.29, 1.82) is 0 Å². The first-order valence-corrected chi connectivity index (χ1v) is 7.15. The predicted octanol–water partition coefficient (Wildman–Crippen LogP) is 2.19. The average molecular weight is 285 g/mol. The van der Waals surface area contributed by atoms with E-state index in [4.69, 9.17) is 5.84 Å². The molecule has 1 aromatic carbocycles. The molecule has 0 saturated carbocycles. The fourth-order valence-electron chi connectivity index (χ4n) is 2.15. The average Bonchev–Trinajstić information content (AvgIpc) is 3.11. The molecule has 0 aliphatic carbocycles. The Bertz CT molecular complexity index is 688. The normalized spacial score (nSPS) is 12.5. The smallest absolute Gasteiger partial charge is 0.106 e. The minimum atomic E-state index is -0.178. The Labute approximate surface area is 121 Å². The fourth-order valence-corrected chi connectivity index (χ4v) is 2.79. The Balaban J connectivity index is 2.04. The maximum atomic E-state index is 5.73. The third-order valence-electron chi connectivity index (χ3n) is 3.07. The molecular weight excluding hydrogens is 270 g/mol. The van der Waals surface area contributed by atoms with Crippen LogP contribution >= 0.6 is 11.3 Å². The summed E-state index contributed by atoms with van der Waals surface area (Å²) in [7, 11) is 0. The quantitative estimate of drug-likeness (QED) is 0.569. The van der Waals surface area contributed by atoms with Crippen LogP contribution in [0.3, 0.4) is 0 Å². The van der Waals surface area contributed by atoms with Gasteiger partial charge in [0.15, 0.2) is 0 Å². The molecule has 3 rings (SSSR count). The minimum Gasteiger partial charge on any atom is -0.270 e. The van der Waals surface area contributed by atoms with Crippen LogP contribution in [-0.4, -0.2) is 14.8 Å². The van der Waals surface area contributed by atoms with Gasteiger partial charge in [-0.1, -0.05) is 18.2 Å². The number of nitrogens with two attached hydrogens (primary N) is 1. The van der Waals surface area contributed by atoms with Gasteiger partial charge in [0, 0.05) is 11.6 Å². The van der Waals surface area contributed by atoms with E-state index in [0.717, 1.165) is 22.1 Å². The van der Waals surface area contributed by atoms with Crippen LogP contribution in [0.1, 0.15) is 22.4 Å². The number of hydrogen-bond donors (Lipinski definition) is 2. The summed E-state index contributed by atoms with van der Waals surface area (Å²) in [6.07, 6.45) is 1.77. The van der Waals surface area contributed by atoms with Gasteiger partial charge in [0.05, 0.1) is 22.1 Å². The first-order valence-electron chi connectivity index (χ1n) is 6.27. The largest absolute Gasteiger partial charge is 0.270 e. The van der Waals surface area contributed by atoms with Gasteiger partial charge in [0.1, 0.15) is 6.04 Å². The summed E-state index contributed by atoms with van der Waals surface area (Å²) in [5.41, 5.74) is 5.70. The summed E-state index contributed by atoms with van der Waals surface area (Å²) in [4.78, 5) is 4.51. The van der Waals surface area contributed by atoms with E-state index in [9.17, 15) is 0 Å². The van der Waals surface area contributed by atoms with E-state index < -0.39 is 0 Å². The third kappa shape index (κ3) is 2.36. The molecule has 1 atom stereocenters. The van der Waals surface area contributed by atoms with Gasteiger partial charge in [-0.3, -0.25) is 5.84 Å². The molecule has 3 aromatic rings. The number of aromatic nitrogens is 3. The van der Waals surface area contributed by atoms with Crippen molar-refractivity contribution in [3.05, 3.63) is 64.4 Å². The van der Waals surface area contributed by atoms with Crippen molar-refractivity contribution >= 4 is 11.3 Å². The zero-order chi connectivity index (χ0) is 13.9. The number of hydrazine groups is 1. The number of rotatable bonds is 4. The van der Waals surface area contributed by atoms with Crippen molar-refractivity contribution in [2.24, 2.45) is 5.84 Å². The molecule has 6 heteroatoms. The van der Waals surface area contributed by atoms with Crippen molar-refractivity contribution < 1.29 is 0 Å². The predicted molar refractivity (Wildman–Crippen MR) is 79.6 cm³/mol. The molecule has 0 spiro atoms. The molecule has 5 nitrogen and oxygen atoms in total. The highest BCUT2D eigenvalue weighted by atomic mass is 32.1. The molecule has 0 aliphatic rings. The van der Waals surface area contributed by atoms with Gasteiger partial charge in [-0.2, -0.15) is 5.10 Å². The zero-order valence-corrected chi connectivity index (χ0v) is 11.8. The Morgan fingerprint density at radius 3 is 2.70 bits per heavy atom. The van der Waals surface area contributed by atoms with E-state index in [1.807, 2.05) is 53.4 Å². The van der Waals surface area contributed by atoms with Crippen molar-refractivity contribution in [2.45, 2.75) is 13.0 Å². The van der Waals surface area contributed by atoms with E-state index in [0.29, 0.717) is 0 Å². The molecular formula is C14H15N5S. The van der Waals surface area contributed by atoms with Crippen molar-refractivity contribution in [2.75, 3.05) is 0 Å². The molecule has 102 valence electrons. The fraction of sp³-hybridized carbons (Fsp3) is 0.143. The van der Waals surface area contributed by atoms with E-state index in [1.165, 1.54) is 0 Å². The van der Waals surface area contributed by atoms with Crippen molar-refractivity contribution in [3.8, 4) is 5.69 Å². The van der Waals surface area contributed by atoms with E-state index in [1.54, 1.807) is 17.5 Å². The Kier molecular flexibility index (Phi) is 3.60. The SMILES string of the molecule is Cc1nc(C(NN)c2ccnn2-c2ccccc2)cs1. The molecule has 2 aromatic heterocycles. The second-order valence-corrected chi connectivity index (χ2v) is 5.46. The van der Waals surface area contributed by atoms with Crippen LogP contribution in [0.5, 0.6) is 0 Å². The third-order valence-corrected chi connectivity index (χ3v) is 3.86. The summed E-state index contributed by atoms with van der Waals surface area (Å²) < 4.78 is 1.87. The summed E-state index contributed by atoms with van der Waals surface area (Å²) in [5, 5.41) is 7.42. The molecule has 0 aliphatic heterocycles. The molecule has 0 radical (unpaired) electrons. The Morgan fingerprint density at radius 2 is 2.05 bits per heavy atom. The van der Waals surface area contributed by atoms with E-state index >= 15 is 0 Å². The number of thiazole rings is 1. The lowest BCUT2D eigenvalue weighted by Gasteiger charge is -2.16. The van der Waals surface area contributed by atoms with Crippen LogP contribution < -0.4 is 11.3 Å². The minimum absolute atomic E-state index is 0.178. The highest BCUT2D eigenvalue weighted by molar-refractivity contribution is 7.09. The van der Waals surface area contributed by atoms with Crippen LogP contribution in [-0.2, 0) is 0 Å². The molecule has 0 saturated heterocycles. The first kappa shape index (κ1) is 13.0. The van der Waals surface area contributed by atoms with Gasteiger partial charge in [0.25, 0.3) is 0 Å². The van der Waals surface area contributed by atoms with E-state index in [2.05, 4.69) is 15.5 Å². The standard InChI is InChI=1S/C14H15N5S/c1-10-17-12(9-20-10)14(18-15)13-7-8-16-19(13)11-5-3-2-4-6-11/h2-9,14,18H,15H2,1H3. The highest BCUT2D eigenvalue weighted by Crippen LogP contribution is 2.24. The lowest BCUT2D eigenvalue weighted by Crippen LogP contribution is -2.30. The molecule has 2 heterocycles. The van der Waals surface area contributed by atoms with Crippen LogP contribution in [0.15, 0.2) is 48.0 Å². The number of nitrogens with one attached hydrogen (secondary N) is 1. The molecule has 20 heavy (non-hydrogen) atoms. The van der Waals surface area contributed by atoms with Crippen LogP contribution in [0.2, 0.25) is 0 Å². The highest BCUT2D eigenvalue weighted by Gasteiger charge is 2.20. The van der Waals surface area contributed by atoms with Gasteiger partial charge in [-0.05, 0) is 25.1 Å². The van der Waals surface area contributed by atoms with Gasteiger partial charge < -0.3 is 0 Å². The monoisotopic (exact) mass is 285 g/mol. The Hall–Kier alpha value is -2.02. The van der Waals surface area contributed by atoms with Gasteiger partial charge in [0.2, 0.25) is 0 Å². The van der Waals surface area contributed by atoms with Crippen LogP contribution in [0.25, 0.3) is 5.69 Å². The van der Waals surface area contributed by atoms with Gasteiger partial charge >= 0.3 is 0 Å². The zero-order valence-electron chi connectivity index (χ0n) is 11.0. The lowest BCUT2D eigenvalue weighted by atomic mass is 10.1. The maximum absolute atomic E-state index is 5.73. The van der Waals surface area contributed by atoms with Crippen LogP contribution in [0.4, 0.5) is 0 Å².